The normalized spacial score (nSPS) is 10.6. The number of carbonyl (C=O) groups is 1. The Morgan fingerprint density at radius 3 is 2.78 bits per heavy atom. The van der Waals surface area contributed by atoms with E-state index in [0.29, 0.717) is 11.4 Å². The molecule has 0 unspecified atom stereocenters. The minimum atomic E-state index is -0.942. The van der Waals surface area contributed by atoms with Gasteiger partial charge in [-0.25, -0.2) is 9.78 Å². The van der Waals surface area contributed by atoms with Crippen LogP contribution in [-0.2, 0) is 6.42 Å². The summed E-state index contributed by atoms with van der Waals surface area (Å²) in [4.78, 5) is 15.4. The van der Waals surface area contributed by atoms with E-state index in [1.807, 2.05) is 13.8 Å². The second-order valence-corrected chi connectivity index (χ2v) is 5.98. The van der Waals surface area contributed by atoms with Crippen molar-refractivity contribution in [1.82, 2.24) is 15.2 Å². The van der Waals surface area contributed by atoms with Gasteiger partial charge in [-0.05, 0) is 37.2 Å². The van der Waals surface area contributed by atoms with Gasteiger partial charge in [-0.2, -0.15) is 0 Å². The quantitative estimate of drug-likeness (QED) is 0.928. The van der Waals surface area contributed by atoms with Crippen LogP contribution in [-0.4, -0.2) is 26.3 Å². The molecule has 7 heteroatoms. The Balaban J connectivity index is 2.32. The van der Waals surface area contributed by atoms with Crippen LogP contribution in [0.25, 0.3) is 0 Å². The molecular weight excluding hydrogens is 270 g/mol. The number of aromatic carboxylic acids is 1. The number of rotatable bonds is 4. The zero-order valence-electron chi connectivity index (χ0n) is 9.88. The Hall–Kier alpha value is -1.47. The molecule has 0 aliphatic rings. The maximum absolute atomic E-state index is 11.0. The van der Waals surface area contributed by atoms with Gasteiger partial charge < -0.3 is 5.11 Å². The highest BCUT2D eigenvalue weighted by Crippen LogP contribution is 2.29. The summed E-state index contributed by atoms with van der Waals surface area (Å²) in [6.07, 6.45) is 0.698. The summed E-state index contributed by atoms with van der Waals surface area (Å²) in [6, 6.07) is 3.15. The number of hydrogen-bond donors (Lipinski definition) is 1. The highest BCUT2D eigenvalue weighted by molar-refractivity contribution is 8.01. The maximum atomic E-state index is 11.0. The van der Waals surface area contributed by atoms with Crippen LogP contribution in [0, 0.1) is 6.92 Å². The predicted molar refractivity (Wildman–Crippen MR) is 69.3 cm³/mol. The molecule has 0 saturated heterocycles. The number of carboxylic acids is 1. The monoisotopic (exact) mass is 281 g/mol. The summed E-state index contributed by atoms with van der Waals surface area (Å²) in [6.45, 7) is 3.82. The second-order valence-electron chi connectivity index (χ2n) is 3.53. The zero-order chi connectivity index (χ0) is 13.1. The van der Waals surface area contributed by atoms with Gasteiger partial charge in [0.05, 0.1) is 5.56 Å². The molecule has 0 atom stereocenters. The van der Waals surface area contributed by atoms with Gasteiger partial charge in [0.1, 0.15) is 10.0 Å². The lowest BCUT2D eigenvalue weighted by Gasteiger charge is -2.03. The zero-order valence-corrected chi connectivity index (χ0v) is 11.5. The number of carboxylic acid groups (broad SMARTS) is 1. The molecule has 2 aromatic heterocycles. The molecule has 0 fully saturated rings. The smallest absolute Gasteiger partial charge is 0.335 e. The fraction of sp³-hybridized carbons (Fsp3) is 0.273. The first-order valence-corrected chi connectivity index (χ1v) is 6.94. The van der Waals surface area contributed by atoms with Gasteiger partial charge in [-0.3, -0.25) is 0 Å². The first-order valence-electron chi connectivity index (χ1n) is 5.30. The van der Waals surface area contributed by atoms with E-state index in [1.54, 1.807) is 12.1 Å². The van der Waals surface area contributed by atoms with Crippen molar-refractivity contribution in [3.63, 3.8) is 0 Å². The van der Waals surface area contributed by atoms with E-state index in [4.69, 9.17) is 5.11 Å². The molecule has 0 saturated carbocycles. The first kappa shape index (κ1) is 13.0. The van der Waals surface area contributed by atoms with Gasteiger partial charge in [-0.1, -0.05) is 18.3 Å². The Bertz CT molecular complexity index is 583. The van der Waals surface area contributed by atoms with Gasteiger partial charge in [0.25, 0.3) is 0 Å². The molecule has 0 aromatic carbocycles. The SMILES string of the molecule is CCc1cc(C(=O)O)cc(Sc2nnc(C)s2)n1. The Morgan fingerprint density at radius 2 is 2.22 bits per heavy atom. The third-order valence-electron chi connectivity index (χ3n) is 2.16. The lowest BCUT2D eigenvalue weighted by atomic mass is 10.2. The van der Waals surface area contributed by atoms with Crippen molar-refractivity contribution in [2.24, 2.45) is 0 Å². The average Bonchev–Trinajstić information content (AvgIpc) is 2.74. The fourth-order valence-corrected chi connectivity index (χ4v) is 3.14. The molecule has 0 aliphatic carbocycles. The molecule has 0 bridgehead atoms. The van der Waals surface area contributed by atoms with Gasteiger partial charge in [0, 0.05) is 5.69 Å². The largest absolute Gasteiger partial charge is 0.478 e. The number of hydrogen-bond acceptors (Lipinski definition) is 6. The van der Waals surface area contributed by atoms with Crippen molar-refractivity contribution < 1.29 is 9.90 Å². The van der Waals surface area contributed by atoms with Crippen LogP contribution in [0.4, 0.5) is 0 Å². The molecule has 18 heavy (non-hydrogen) atoms. The maximum Gasteiger partial charge on any atom is 0.335 e. The van der Waals surface area contributed by atoms with Crippen molar-refractivity contribution in [1.29, 1.82) is 0 Å². The first-order chi connectivity index (χ1) is 8.58. The van der Waals surface area contributed by atoms with Crippen LogP contribution >= 0.6 is 23.1 Å². The molecule has 2 heterocycles. The fourth-order valence-electron chi connectivity index (χ4n) is 1.33. The van der Waals surface area contributed by atoms with Gasteiger partial charge in [-0.15, -0.1) is 10.2 Å². The van der Waals surface area contributed by atoms with Crippen LogP contribution in [0.3, 0.4) is 0 Å². The van der Waals surface area contributed by atoms with E-state index in [2.05, 4.69) is 15.2 Å². The van der Waals surface area contributed by atoms with Crippen molar-refractivity contribution in [3.05, 3.63) is 28.4 Å². The van der Waals surface area contributed by atoms with E-state index < -0.39 is 5.97 Å². The number of aryl methyl sites for hydroxylation is 2. The summed E-state index contributed by atoms with van der Waals surface area (Å²) in [5, 5.41) is 18.5. The summed E-state index contributed by atoms with van der Waals surface area (Å²) >= 11 is 2.80. The molecule has 2 aromatic rings. The van der Waals surface area contributed by atoms with E-state index in [9.17, 15) is 4.79 Å². The second kappa shape index (κ2) is 5.45. The van der Waals surface area contributed by atoms with Crippen LogP contribution in [0.1, 0.15) is 28.0 Å². The summed E-state index contributed by atoms with van der Waals surface area (Å²) in [7, 11) is 0. The molecule has 0 aliphatic heterocycles. The minimum absolute atomic E-state index is 0.255. The standard InChI is InChI=1S/C11H11N3O2S2/c1-3-8-4-7(10(15)16)5-9(12-8)18-11-14-13-6(2)17-11/h4-5H,3H2,1-2H3,(H,15,16). The van der Waals surface area contributed by atoms with Gasteiger partial charge in [0.15, 0.2) is 4.34 Å². The van der Waals surface area contributed by atoms with Crippen LogP contribution in [0.5, 0.6) is 0 Å². The van der Waals surface area contributed by atoms with Crippen LogP contribution in [0.2, 0.25) is 0 Å². The van der Waals surface area contributed by atoms with Crippen LogP contribution in [0.15, 0.2) is 21.5 Å². The van der Waals surface area contributed by atoms with Crippen molar-refractivity contribution >= 4 is 29.1 Å². The summed E-state index contributed by atoms with van der Waals surface area (Å²) in [5.74, 6) is -0.942. The van der Waals surface area contributed by atoms with E-state index in [0.717, 1.165) is 15.0 Å². The Morgan fingerprint density at radius 1 is 1.44 bits per heavy atom. The van der Waals surface area contributed by atoms with Crippen molar-refractivity contribution in [2.45, 2.75) is 29.6 Å². The number of nitrogens with zero attached hydrogens (tertiary/aromatic N) is 3. The van der Waals surface area contributed by atoms with Crippen LogP contribution < -0.4 is 0 Å². The average molecular weight is 281 g/mol. The molecule has 0 amide bonds. The summed E-state index contributed by atoms with van der Waals surface area (Å²) in [5.41, 5.74) is 1.02. The third kappa shape index (κ3) is 3.05. The van der Waals surface area contributed by atoms with Crippen molar-refractivity contribution in [2.75, 3.05) is 0 Å². The van der Waals surface area contributed by atoms with Crippen molar-refractivity contribution in [3.8, 4) is 0 Å². The molecular formula is C11H11N3O2S2. The predicted octanol–water partition coefficient (Wildman–Crippen LogP) is 2.65. The van der Waals surface area contributed by atoms with E-state index in [1.165, 1.54) is 23.1 Å². The highest BCUT2D eigenvalue weighted by atomic mass is 32.2. The number of aromatic nitrogens is 3. The number of pyridine rings is 1. The lowest BCUT2D eigenvalue weighted by Crippen LogP contribution is -2.00. The third-order valence-corrected chi connectivity index (χ3v) is 3.97. The molecule has 5 nitrogen and oxygen atoms in total. The lowest BCUT2D eigenvalue weighted by molar-refractivity contribution is 0.0696. The molecule has 2 rings (SSSR count). The van der Waals surface area contributed by atoms with E-state index >= 15 is 0 Å². The molecule has 0 spiro atoms. The minimum Gasteiger partial charge on any atom is -0.478 e. The van der Waals surface area contributed by atoms with E-state index in [-0.39, 0.29) is 5.56 Å². The topological polar surface area (TPSA) is 76.0 Å². The van der Waals surface area contributed by atoms with Gasteiger partial charge >= 0.3 is 5.97 Å². The Kier molecular flexibility index (Phi) is 3.93. The Labute approximate surface area is 112 Å². The van der Waals surface area contributed by atoms with Gasteiger partial charge in [0.2, 0.25) is 0 Å². The molecule has 0 radical (unpaired) electrons. The summed E-state index contributed by atoms with van der Waals surface area (Å²) < 4.78 is 0.768. The molecule has 94 valence electrons. The molecule has 1 N–H and O–H groups in total. The highest BCUT2D eigenvalue weighted by Gasteiger charge is 2.10.